The van der Waals surface area contributed by atoms with E-state index in [2.05, 4.69) is 20.6 Å². The Hall–Kier alpha value is -2.18. The highest BCUT2D eigenvalue weighted by atomic mass is 16.4. The number of aromatic carboxylic acids is 1. The minimum atomic E-state index is -1.07. The third-order valence-corrected chi connectivity index (χ3v) is 2.00. The number of fused-ring (bicyclic) bond motifs is 1. The van der Waals surface area contributed by atoms with Crippen LogP contribution in [0.1, 0.15) is 16.1 Å². The van der Waals surface area contributed by atoms with Crippen LogP contribution in [0, 0.1) is 6.92 Å². The number of hydrogen-bond acceptors (Lipinski definition) is 5. The van der Waals surface area contributed by atoms with Gasteiger partial charge in [0.05, 0.1) is 0 Å². The van der Waals surface area contributed by atoms with Gasteiger partial charge in [-0.1, -0.05) is 0 Å². The molecule has 2 aromatic heterocycles. The molecule has 2 N–H and O–H groups in total. The van der Waals surface area contributed by atoms with Gasteiger partial charge in [-0.2, -0.15) is 9.61 Å². The Kier molecular flexibility index (Phi) is 2.00. The summed E-state index contributed by atoms with van der Waals surface area (Å²) in [7, 11) is 1.67. The van der Waals surface area contributed by atoms with E-state index in [1.54, 1.807) is 14.0 Å². The van der Waals surface area contributed by atoms with Gasteiger partial charge in [0.1, 0.15) is 0 Å². The van der Waals surface area contributed by atoms with Gasteiger partial charge >= 0.3 is 5.97 Å². The lowest BCUT2D eigenvalue weighted by Gasteiger charge is -2.00. The van der Waals surface area contributed by atoms with Gasteiger partial charge in [-0.05, 0) is 18.6 Å². The van der Waals surface area contributed by atoms with E-state index < -0.39 is 5.97 Å². The Morgan fingerprint density at radius 2 is 2.27 bits per heavy atom. The smallest absolute Gasteiger partial charge is 0.356 e. The van der Waals surface area contributed by atoms with Crippen LogP contribution in [0.3, 0.4) is 0 Å². The number of carboxylic acid groups (broad SMARTS) is 1. The van der Waals surface area contributed by atoms with Gasteiger partial charge in [0.25, 0.3) is 0 Å². The van der Waals surface area contributed by atoms with Crippen LogP contribution in [0.5, 0.6) is 0 Å². The van der Waals surface area contributed by atoms with Gasteiger partial charge in [-0.3, -0.25) is 0 Å². The molecule has 0 aliphatic heterocycles. The molecular weight excluding hydrogens is 198 g/mol. The summed E-state index contributed by atoms with van der Waals surface area (Å²) in [5.41, 5.74) is 1.23. The highest BCUT2D eigenvalue weighted by Crippen LogP contribution is 2.11. The van der Waals surface area contributed by atoms with Crippen molar-refractivity contribution in [3.8, 4) is 0 Å². The van der Waals surface area contributed by atoms with Crippen molar-refractivity contribution in [2.45, 2.75) is 6.92 Å². The van der Waals surface area contributed by atoms with Crippen molar-refractivity contribution < 1.29 is 9.90 Å². The Morgan fingerprint density at radius 1 is 1.53 bits per heavy atom. The van der Waals surface area contributed by atoms with E-state index in [9.17, 15) is 4.79 Å². The molecule has 0 spiro atoms. The summed E-state index contributed by atoms with van der Waals surface area (Å²) in [6, 6.07) is 1.46. The molecule has 0 fully saturated rings. The summed E-state index contributed by atoms with van der Waals surface area (Å²) in [4.78, 5) is 10.8. The molecule has 2 aromatic rings. The number of carboxylic acids is 1. The second-order valence-electron chi connectivity index (χ2n) is 3.03. The van der Waals surface area contributed by atoms with Crippen molar-refractivity contribution in [2.24, 2.45) is 0 Å². The number of nitrogens with one attached hydrogen (secondary N) is 1. The van der Waals surface area contributed by atoms with Gasteiger partial charge in [0.15, 0.2) is 11.3 Å². The van der Waals surface area contributed by atoms with E-state index in [4.69, 9.17) is 5.11 Å². The normalized spacial score (nSPS) is 10.5. The molecule has 0 unspecified atom stereocenters. The average Bonchev–Trinajstić information content (AvgIpc) is 2.60. The second kappa shape index (κ2) is 3.19. The number of carbonyl (C=O) groups is 1. The van der Waals surface area contributed by atoms with E-state index >= 15 is 0 Å². The Balaban J connectivity index is 2.77. The first-order chi connectivity index (χ1) is 7.13. The molecule has 0 atom stereocenters. The molecule has 0 amide bonds. The van der Waals surface area contributed by atoms with Crippen molar-refractivity contribution in [3.63, 3.8) is 0 Å². The fourth-order valence-electron chi connectivity index (χ4n) is 1.29. The molecule has 0 aromatic carbocycles. The van der Waals surface area contributed by atoms with Crippen LogP contribution in [0.4, 0.5) is 5.95 Å². The highest BCUT2D eigenvalue weighted by Gasteiger charge is 2.12. The van der Waals surface area contributed by atoms with Gasteiger partial charge in [-0.25, -0.2) is 4.79 Å². The van der Waals surface area contributed by atoms with Crippen LogP contribution < -0.4 is 5.32 Å². The number of nitrogens with zero attached hydrogens (tertiary/aromatic N) is 4. The summed E-state index contributed by atoms with van der Waals surface area (Å²) < 4.78 is 1.37. The second-order valence-corrected chi connectivity index (χ2v) is 3.03. The Labute approximate surface area is 84.7 Å². The van der Waals surface area contributed by atoms with Crippen molar-refractivity contribution in [2.75, 3.05) is 12.4 Å². The van der Waals surface area contributed by atoms with Crippen LogP contribution in [0.15, 0.2) is 6.07 Å². The summed E-state index contributed by atoms with van der Waals surface area (Å²) in [5.74, 6) is -0.660. The molecule has 0 radical (unpaired) electrons. The number of rotatable bonds is 2. The maximum absolute atomic E-state index is 10.8. The van der Waals surface area contributed by atoms with Crippen LogP contribution in [-0.4, -0.2) is 37.9 Å². The number of aryl methyl sites for hydroxylation is 1. The quantitative estimate of drug-likeness (QED) is 0.729. The monoisotopic (exact) mass is 207 g/mol. The Bertz CT molecular complexity index is 533. The third-order valence-electron chi connectivity index (χ3n) is 2.00. The highest BCUT2D eigenvalue weighted by molar-refractivity contribution is 5.85. The summed E-state index contributed by atoms with van der Waals surface area (Å²) in [6.07, 6.45) is 0. The van der Waals surface area contributed by atoms with Gasteiger partial charge in [0, 0.05) is 7.05 Å². The maximum Gasteiger partial charge on any atom is 0.356 e. The van der Waals surface area contributed by atoms with E-state index in [1.165, 1.54) is 10.6 Å². The summed E-state index contributed by atoms with van der Waals surface area (Å²) in [5, 5.41) is 23.2. The summed E-state index contributed by atoms with van der Waals surface area (Å²) >= 11 is 0. The van der Waals surface area contributed by atoms with Crippen molar-refractivity contribution in [1.29, 1.82) is 0 Å². The standard InChI is InChI=1S/C8H9N5O2/c1-4-3-5(7(14)15)12-13-6(4)10-11-8(13)9-2/h3H,1-2H3,(H,9,11)(H,14,15). The predicted molar refractivity (Wildman–Crippen MR) is 52.0 cm³/mol. The molecular formula is C8H9N5O2. The van der Waals surface area contributed by atoms with E-state index in [-0.39, 0.29) is 5.69 Å². The minimum absolute atomic E-state index is 0.0312. The average molecular weight is 207 g/mol. The van der Waals surface area contributed by atoms with Crippen LogP contribution >= 0.6 is 0 Å². The number of anilines is 1. The number of aromatic nitrogens is 4. The first-order valence-corrected chi connectivity index (χ1v) is 4.27. The fourth-order valence-corrected chi connectivity index (χ4v) is 1.29. The molecule has 7 nitrogen and oxygen atoms in total. The molecule has 0 aliphatic carbocycles. The SMILES string of the molecule is CNc1nnc2c(C)cc(C(=O)O)nn12. The lowest BCUT2D eigenvalue weighted by atomic mass is 10.3. The molecule has 0 bridgehead atoms. The Morgan fingerprint density at radius 3 is 2.87 bits per heavy atom. The van der Waals surface area contributed by atoms with Crippen LogP contribution in [0.2, 0.25) is 0 Å². The topological polar surface area (TPSA) is 92.4 Å². The predicted octanol–water partition coefficient (Wildman–Crippen LogP) is 0.173. The maximum atomic E-state index is 10.8. The van der Waals surface area contributed by atoms with Gasteiger partial charge in [0.2, 0.25) is 5.95 Å². The van der Waals surface area contributed by atoms with E-state index in [1.807, 2.05) is 0 Å². The molecule has 2 heterocycles. The molecule has 0 saturated carbocycles. The number of hydrogen-bond donors (Lipinski definition) is 2. The lowest BCUT2D eigenvalue weighted by molar-refractivity contribution is 0.0689. The first kappa shape index (κ1) is 9.38. The zero-order chi connectivity index (χ0) is 11.0. The van der Waals surface area contributed by atoms with Gasteiger partial charge in [-0.15, -0.1) is 10.2 Å². The third kappa shape index (κ3) is 1.37. The molecule has 78 valence electrons. The van der Waals surface area contributed by atoms with E-state index in [0.717, 1.165) is 5.56 Å². The zero-order valence-corrected chi connectivity index (χ0v) is 8.22. The minimum Gasteiger partial charge on any atom is -0.476 e. The zero-order valence-electron chi connectivity index (χ0n) is 8.22. The van der Waals surface area contributed by atoms with Crippen molar-refractivity contribution in [3.05, 3.63) is 17.3 Å². The lowest BCUT2D eigenvalue weighted by Crippen LogP contribution is -2.08. The van der Waals surface area contributed by atoms with Crippen molar-refractivity contribution in [1.82, 2.24) is 19.8 Å². The van der Waals surface area contributed by atoms with Crippen LogP contribution in [0.25, 0.3) is 5.65 Å². The largest absolute Gasteiger partial charge is 0.476 e. The molecule has 7 heteroatoms. The summed E-state index contributed by atoms with van der Waals surface area (Å²) in [6.45, 7) is 1.76. The van der Waals surface area contributed by atoms with E-state index in [0.29, 0.717) is 11.6 Å². The molecule has 15 heavy (non-hydrogen) atoms. The van der Waals surface area contributed by atoms with Crippen LogP contribution in [-0.2, 0) is 0 Å². The van der Waals surface area contributed by atoms with Crippen molar-refractivity contribution >= 4 is 17.6 Å². The molecule has 0 saturated heterocycles. The first-order valence-electron chi connectivity index (χ1n) is 4.27. The molecule has 2 rings (SSSR count). The fraction of sp³-hybridized carbons (Fsp3) is 0.250. The van der Waals surface area contributed by atoms with Gasteiger partial charge < -0.3 is 10.4 Å². The molecule has 0 aliphatic rings.